The fraction of sp³-hybridized carbons (Fsp3) is 0.105. The Morgan fingerprint density at radius 2 is 1.88 bits per heavy atom. The van der Waals surface area contributed by atoms with Crippen molar-refractivity contribution >= 4 is 24.0 Å². The standard InChI is InChI=1S/C19H15ClFNO3S/c1-13-10-16(4-7-18(13)25-26-21)22-9-8-14(11-19(22)23)12-24-17-5-2-15(20)3-6-17/h2-11H,12H2,1H3. The third-order valence-electron chi connectivity index (χ3n) is 3.76. The maximum atomic E-state index is 12.4. The molecule has 26 heavy (non-hydrogen) atoms. The summed E-state index contributed by atoms with van der Waals surface area (Å²) in [4.78, 5) is 12.4. The number of ether oxygens (including phenoxy) is 1. The topological polar surface area (TPSA) is 40.5 Å². The SMILES string of the molecule is Cc1cc(-n2ccc(COc3ccc(Cl)cc3)cc2=O)ccc1OSF. The lowest BCUT2D eigenvalue weighted by atomic mass is 10.2. The Bertz CT molecular complexity index is 960. The van der Waals surface area contributed by atoms with Gasteiger partial charge in [0, 0.05) is 23.0 Å². The smallest absolute Gasteiger partial charge is 0.272 e. The van der Waals surface area contributed by atoms with Gasteiger partial charge in [-0.3, -0.25) is 9.36 Å². The van der Waals surface area contributed by atoms with Crippen molar-refractivity contribution in [2.75, 3.05) is 0 Å². The van der Waals surface area contributed by atoms with Crippen LogP contribution in [0.3, 0.4) is 0 Å². The molecule has 0 unspecified atom stereocenters. The molecule has 0 aliphatic heterocycles. The Labute approximate surface area is 159 Å². The molecule has 7 heteroatoms. The number of pyridine rings is 1. The summed E-state index contributed by atoms with van der Waals surface area (Å²) in [6, 6.07) is 15.4. The molecule has 0 saturated heterocycles. The first-order valence-corrected chi connectivity index (χ1v) is 8.75. The molecule has 3 rings (SSSR count). The van der Waals surface area contributed by atoms with Gasteiger partial charge in [-0.1, -0.05) is 11.6 Å². The molecule has 3 aromatic rings. The van der Waals surface area contributed by atoms with Crippen molar-refractivity contribution in [1.82, 2.24) is 4.57 Å². The van der Waals surface area contributed by atoms with Crippen molar-refractivity contribution in [3.63, 3.8) is 0 Å². The number of aromatic nitrogens is 1. The first-order chi connectivity index (χ1) is 12.6. The summed E-state index contributed by atoms with van der Waals surface area (Å²) in [7, 11) is 0. The van der Waals surface area contributed by atoms with Crippen LogP contribution < -0.4 is 14.5 Å². The first-order valence-electron chi connectivity index (χ1n) is 7.73. The summed E-state index contributed by atoms with van der Waals surface area (Å²) in [6.45, 7) is 2.06. The maximum Gasteiger partial charge on any atom is 0.272 e. The van der Waals surface area contributed by atoms with Crippen LogP contribution in [0.2, 0.25) is 5.02 Å². The van der Waals surface area contributed by atoms with E-state index in [2.05, 4.69) is 0 Å². The highest BCUT2D eigenvalue weighted by Gasteiger charge is 2.06. The summed E-state index contributed by atoms with van der Waals surface area (Å²) in [6.07, 6.45) is 1.68. The molecule has 4 nitrogen and oxygen atoms in total. The molecule has 2 aromatic carbocycles. The van der Waals surface area contributed by atoms with Crippen molar-refractivity contribution in [1.29, 1.82) is 0 Å². The monoisotopic (exact) mass is 391 g/mol. The highest BCUT2D eigenvalue weighted by molar-refractivity contribution is 7.89. The predicted octanol–water partition coefficient (Wildman–Crippen LogP) is 5.29. The second-order valence-electron chi connectivity index (χ2n) is 5.58. The van der Waals surface area contributed by atoms with E-state index in [4.69, 9.17) is 20.5 Å². The normalized spacial score (nSPS) is 10.6. The summed E-state index contributed by atoms with van der Waals surface area (Å²) in [5.74, 6) is 1.10. The van der Waals surface area contributed by atoms with Crippen LogP contribution in [0, 0.1) is 6.92 Å². The minimum Gasteiger partial charge on any atom is -0.489 e. The highest BCUT2D eigenvalue weighted by atomic mass is 35.5. The van der Waals surface area contributed by atoms with E-state index < -0.39 is 0 Å². The molecular formula is C19H15ClFNO3S. The van der Waals surface area contributed by atoms with Gasteiger partial charge >= 0.3 is 0 Å². The van der Waals surface area contributed by atoms with Gasteiger partial charge in [0.25, 0.3) is 18.0 Å². The number of halogens is 2. The molecular weight excluding hydrogens is 377 g/mol. The van der Waals surface area contributed by atoms with Crippen molar-refractivity contribution in [3.05, 3.63) is 87.3 Å². The molecule has 0 radical (unpaired) electrons. The van der Waals surface area contributed by atoms with E-state index in [0.29, 0.717) is 22.2 Å². The average Bonchev–Trinajstić information content (AvgIpc) is 2.63. The van der Waals surface area contributed by atoms with E-state index in [0.717, 1.165) is 11.1 Å². The van der Waals surface area contributed by atoms with Gasteiger partial charge in [-0.25, -0.2) is 0 Å². The van der Waals surface area contributed by atoms with E-state index in [1.54, 1.807) is 55.6 Å². The molecule has 0 fully saturated rings. The number of rotatable bonds is 6. The Hall–Kier alpha value is -2.44. The molecule has 0 aliphatic carbocycles. The molecule has 134 valence electrons. The van der Waals surface area contributed by atoms with E-state index in [1.165, 1.54) is 10.6 Å². The lowest BCUT2D eigenvalue weighted by Crippen LogP contribution is -2.17. The van der Waals surface area contributed by atoms with Crippen molar-refractivity contribution in [3.8, 4) is 17.2 Å². The lowest BCUT2D eigenvalue weighted by Gasteiger charge is -2.11. The van der Waals surface area contributed by atoms with Crippen LogP contribution in [0.15, 0.2) is 65.6 Å². The van der Waals surface area contributed by atoms with Gasteiger partial charge in [-0.05, 0) is 66.6 Å². The number of hydrogen-bond donors (Lipinski definition) is 0. The zero-order valence-corrected chi connectivity index (χ0v) is 15.4. The Kier molecular flexibility index (Phi) is 5.85. The molecule has 1 heterocycles. The van der Waals surface area contributed by atoms with Crippen molar-refractivity contribution in [2.45, 2.75) is 13.5 Å². The van der Waals surface area contributed by atoms with Gasteiger partial charge in [0.1, 0.15) is 18.1 Å². The van der Waals surface area contributed by atoms with E-state index in [1.807, 2.05) is 6.07 Å². The molecule has 0 aliphatic rings. The first kappa shape index (κ1) is 18.4. The van der Waals surface area contributed by atoms with Crippen LogP contribution in [0.5, 0.6) is 11.5 Å². The van der Waals surface area contributed by atoms with Gasteiger partial charge < -0.3 is 8.92 Å². The quantitative estimate of drug-likeness (QED) is 0.535. The lowest BCUT2D eigenvalue weighted by molar-refractivity contribution is 0.306. The molecule has 1 aromatic heterocycles. The second kappa shape index (κ2) is 8.29. The Balaban J connectivity index is 1.76. The fourth-order valence-electron chi connectivity index (χ4n) is 2.43. The third kappa shape index (κ3) is 4.39. The average molecular weight is 392 g/mol. The Morgan fingerprint density at radius 3 is 2.54 bits per heavy atom. The van der Waals surface area contributed by atoms with Crippen LogP contribution >= 0.6 is 24.0 Å². The van der Waals surface area contributed by atoms with Crippen LogP contribution in [0.25, 0.3) is 5.69 Å². The number of nitrogens with zero attached hydrogens (tertiary/aromatic N) is 1. The zero-order valence-electron chi connectivity index (χ0n) is 13.8. The number of benzene rings is 2. The zero-order chi connectivity index (χ0) is 18.5. The summed E-state index contributed by atoms with van der Waals surface area (Å²) in [5.41, 5.74) is 1.98. The van der Waals surface area contributed by atoms with Crippen molar-refractivity contribution < 1.29 is 12.8 Å². The molecule has 0 amide bonds. The fourth-order valence-corrected chi connectivity index (χ4v) is 2.81. The number of aryl methyl sites for hydroxylation is 1. The molecule has 0 N–H and O–H groups in total. The maximum absolute atomic E-state index is 12.4. The molecule has 0 atom stereocenters. The van der Waals surface area contributed by atoms with Crippen LogP contribution in [-0.2, 0) is 6.61 Å². The van der Waals surface area contributed by atoms with Gasteiger partial charge in [0.15, 0.2) is 0 Å². The van der Waals surface area contributed by atoms with Crippen LogP contribution in [0.4, 0.5) is 3.89 Å². The highest BCUT2D eigenvalue weighted by Crippen LogP contribution is 2.24. The summed E-state index contributed by atoms with van der Waals surface area (Å²) in [5, 5.41) is 0.636. The van der Waals surface area contributed by atoms with Crippen molar-refractivity contribution in [2.24, 2.45) is 0 Å². The molecule has 0 spiro atoms. The molecule has 0 bridgehead atoms. The predicted molar refractivity (Wildman–Crippen MR) is 102 cm³/mol. The van der Waals surface area contributed by atoms with Gasteiger partial charge in [0.2, 0.25) is 0 Å². The third-order valence-corrected chi connectivity index (χ3v) is 4.26. The molecule has 0 saturated carbocycles. The van der Waals surface area contributed by atoms with E-state index in [-0.39, 0.29) is 24.6 Å². The summed E-state index contributed by atoms with van der Waals surface area (Å²) < 4.78 is 24.2. The van der Waals surface area contributed by atoms with Gasteiger partial charge in [-0.15, -0.1) is 3.89 Å². The minimum absolute atomic E-state index is 0.185. The van der Waals surface area contributed by atoms with Crippen LogP contribution in [0.1, 0.15) is 11.1 Å². The van der Waals surface area contributed by atoms with Gasteiger partial charge in [-0.2, -0.15) is 0 Å². The van der Waals surface area contributed by atoms with E-state index >= 15 is 0 Å². The minimum atomic E-state index is -0.210. The number of hydrogen-bond acceptors (Lipinski definition) is 4. The van der Waals surface area contributed by atoms with Gasteiger partial charge in [0.05, 0.1) is 0 Å². The van der Waals surface area contributed by atoms with E-state index in [9.17, 15) is 8.68 Å². The van der Waals surface area contributed by atoms with Crippen LogP contribution in [-0.4, -0.2) is 4.57 Å². The second-order valence-corrected chi connectivity index (χ2v) is 6.31. The largest absolute Gasteiger partial charge is 0.489 e. The summed E-state index contributed by atoms with van der Waals surface area (Å²) >= 11 is 5.63. The Morgan fingerprint density at radius 1 is 1.12 bits per heavy atom.